The number of benzene rings is 2. The summed E-state index contributed by atoms with van der Waals surface area (Å²) in [5, 5.41) is 8.23. The van der Waals surface area contributed by atoms with Crippen LogP contribution in [-0.2, 0) is 31.9 Å². The van der Waals surface area contributed by atoms with Crippen molar-refractivity contribution in [2.45, 2.75) is 39.1 Å². The molecule has 2 atom stereocenters. The van der Waals surface area contributed by atoms with E-state index in [1.807, 2.05) is 60.7 Å². The van der Waals surface area contributed by atoms with Crippen LogP contribution in [0.3, 0.4) is 0 Å². The van der Waals surface area contributed by atoms with Gasteiger partial charge in [0.25, 0.3) is 0 Å². The molecule has 26 heavy (non-hydrogen) atoms. The van der Waals surface area contributed by atoms with Gasteiger partial charge in [0.15, 0.2) is 0 Å². The minimum atomic E-state index is -0.774. The third kappa shape index (κ3) is 7.25. The van der Waals surface area contributed by atoms with Crippen molar-refractivity contribution < 1.29 is 19.1 Å². The van der Waals surface area contributed by atoms with E-state index in [1.54, 1.807) is 0 Å². The second-order valence-electron chi connectivity index (χ2n) is 5.74. The van der Waals surface area contributed by atoms with Gasteiger partial charge in [-0.25, -0.2) is 0 Å². The van der Waals surface area contributed by atoms with Crippen molar-refractivity contribution in [3.05, 3.63) is 71.8 Å². The Balaban J connectivity index is 2.10. The molecule has 0 radical (unpaired) electrons. The largest absolute Gasteiger partial charge is 0.438 e. The Morgan fingerprint density at radius 3 is 1.38 bits per heavy atom. The fourth-order valence-corrected chi connectivity index (χ4v) is 2.38. The van der Waals surface area contributed by atoms with Gasteiger partial charge in [0.2, 0.25) is 12.5 Å². The summed E-state index contributed by atoms with van der Waals surface area (Å²) in [5.74, 6) is -0.894. The lowest BCUT2D eigenvalue weighted by Crippen LogP contribution is -2.20. The molecular formula is C20H22N2O4. The maximum absolute atomic E-state index is 11.3. The lowest BCUT2D eigenvalue weighted by molar-refractivity contribution is -0.149. The minimum absolute atomic E-state index is 0.391. The Morgan fingerprint density at radius 2 is 1.08 bits per heavy atom. The van der Waals surface area contributed by atoms with E-state index in [9.17, 15) is 9.59 Å². The van der Waals surface area contributed by atoms with Crippen molar-refractivity contribution >= 4 is 11.9 Å². The number of nitrogens with zero attached hydrogens (tertiary/aromatic N) is 2. The topological polar surface area (TPSA) is 77.3 Å². The van der Waals surface area contributed by atoms with Gasteiger partial charge in [0, 0.05) is 26.7 Å². The molecule has 2 unspecified atom stereocenters. The minimum Gasteiger partial charge on any atom is -0.438 e. The fourth-order valence-electron chi connectivity index (χ4n) is 2.38. The van der Waals surface area contributed by atoms with Crippen LogP contribution < -0.4 is 0 Å². The Morgan fingerprint density at radius 1 is 0.731 bits per heavy atom. The van der Waals surface area contributed by atoms with Crippen LogP contribution in [0.5, 0.6) is 0 Å². The predicted molar refractivity (Wildman–Crippen MR) is 96.3 cm³/mol. The number of azo groups is 1. The van der Waals surface area contributed by atoms with Crippen molar-refractivity contribution in [1.29, 1.82) is 0 Å². The molecule has 0 saturated heterocycles. The highest BCUT2D eigenvalue weighted by Crippen LogP contribution is 2.12. The summed E-state index contributed by atoms with van der Waals surface area (Å²) >= 11 is 0. The fraction of sp³-hybridized carbons (Fsp3) is 0.300. The van der Waals surface area contributed by atoms with Crippen molar-refractivity contribution in [1.82, 2.24) is 0 Å². The van der Waals surface area contributed by atoms with Gasteiger partial charge in [-0.3, -0.25) is 9.59 Å². The summed E-state index contributed by atoms with van der Waals surface area (Å²) in [4.78, 5) is 22.7. The molecule has 0 heterocycles. The van der Waals surface area contributed by atoms with Gasteiger partial charge in [-0.2, -0.15) is 0 Å². The zero-order valence-electron chi connectivity index (χ0n) is 14.9. The molecular weight excluding hydrogens is 332 g/mol. The van der Waals surface area contributed by atoms with E-state index in [0.29, 0.717) is 12.8 Å². The number of carbonyl (C=O) groups is 2. The lowest BCUT2D eigenvalue weighted by atomic mass is 10.1. The van der Waals surface area contributed by atoms with Crippen LogP contribution in [-0.4, -0.2) is 24.4 Å². The molecule has 0 aliphatic heterocycles. The van der Waals surface area contributed by atoms with E-state index < -0.39 is 24.4 Å². The molecule has 2 aromatic carbocycles. The van der Waals surface area contributed by atoms with Crippen molar-refractivity contribution in [2.24, 2.45) is 10.2 Å². The summed E-state index contributed by atoms with van der Waals surface area (Å²) in [6.07, 6.45) is -0.767. The number of ether oxygens (including phenoxy) is 2. The van der Waals surface area contributed by atoms with E-state index >= 15 is 0 Å². The molecule has 6 heteroatoms. The van der Waals surface area contributed by atoms with Crippen molar-refractivity contribution in [2.75, 3.05) is 0 Å². The van der Waals surface area contributed by atoms with Gasteiger partial charge in [-0.05, 0) is 11.1 Å². The first kappa shape index (κ1) is 19.3. The molecule has 136 valence electrons. The molecule has 0 fully saturated rings. The van der Waals surface area contributed by atoms with Crippen LogP contribution >= 0.6 is 0 Å². The first-order chi connectivity index (χ1) is 12.5. The molecule has 6 nitrogen and oxygen atoms in total. The number of carbonyl (C=O) groups excluding carboxylic acids is 2. The van der Waals surface area contributed by atoms with Gasteiger partial charge in [0.05, 0.1) is 0 Å². The zero-order valence-corrected chi connectivity index (χ0v) is 14.9. The highest BCUT2D eigenvalue weighted by molar-refractivity contribution is 5.66. The number of hydrogen-bond donors (Lipinski definition) is 0. The Hall–Kier alpha value is -3.02. The summed E-state index contributed by atoms with van der Waals surface area (Å²) in [7, 11) is 0. The molecule has 0 N–H and O–H groups in total. The van der Waals surface area contributed by atoms with Crippen LogP contribution in [0.15, 0.2) is 70.9 Å². The first-order valence-electron chi connectivity index (χ1n) is 8.35. The first-order valence-corrected chi connectivity index (χ1v) is 8.35. The van der Waals surface area contributed by atoms with E-state index in [0.717, 1.165) is 11.1 Å². The van der Waals surface area contributed by atoms with Crippen LogP contribution in [0.4, 0.5) is 0 Å². The van der Waals surface area contributed by atoms with Gasteiger partial charge in [-0.15, -0.1) is 10.2 Å². The number of rotatable bonds is 8. The van der Waals surface area contributed by atoms with Crippen molar-refractivity contribution in [3.8, 4) is 0 Å². The maximum Gasteiger partial charge on any atom is 0.304 e. The van der Waals surface area contributed by atoms with E-state index in [-0.39, 0.29) is 0 Å². The normalized spacial score (nSPS) is 13.2. The Kier molecular flexibility index (Phi) is 7.49. The average molecular weight is 354 g/mol. The Labute approximate surface area is 152 Å². The predicted octanol–water partition coefficient (Wildman–Crippen LogP) is 3.70. The quantitative estimate of drug-likeness (QED) is 0.535. The van der Waals surface area contributed by atoms with E-state index in [4.69, 9.17) is 9.47 Å². The smallest absolute Gasteiger partial charge is 0.304 e. The SMILES string of the molecule is CC(=O)OC(Cc1ccccc1)N=NC(Cc1ccccc1)OC(C)=O. The van der Waals surface area contributed by atoms with E-state index in [2.05, 4.69) is 10.2 Å². The summed E-state index contributed by atoms with van der Waals surface area (Å²) < 4.78 is 10.4. The van der Waals surface area contributed by atoms with Gasteiger partial charge >= 0.3 is 11.9 Å². The maximum atomic E-state index is 11.3. The van der Waals surface area contributed by atoms with Crippen molar-refractivity contribution in [3.63, 3.8) is 0 Å². The molecule has 0 aliphatic carbocycles. The second-order valence-corrected chi connectivity index (χ2v) is 5.74. The number of hydrogen-bond acceptors (Lipinski definition) is 6. The van der Waals surface area contributed by atoms with Crippen LogP contribution in [0.1, 0.15) is 25.0 Å². The molecule has 0 amide bonds. The zero-order chi connectivity index (χ0) is 18.8. The van der Waals surface area contributed by atoms with E-state index in [1.165, 1.54) is 13.8 Å². The van der Waals surface area contributed by atoms with Crippen LogP contribution in [0.25, 0.3) is 0 Å². The molecule has 0 saturated carbocycles. The second kappa shape index (κ2) is 10.1. The number of esters is 2. The molecule has 0 bridgehead atoms. The summed E-state index contributed by atoms with van der Waals surface area (Å²) in [5.41, 5.74) is 1.93. The highest BCUT2D eigenvalue weighted by Gasteiger charge is 2.16. The molecule has 2 rings (SSSR count). The third-order valence-corrected chi connectivity index (χ3v) is 3.43. The van der Waals surface area contributed by atoms with Gasteiger partial charge in [0.1, 0.15) is 0 Å². The average Bonchev–Trinajstić information content (AvgIpc) is 2.60. The third-order valence-electron chi connectivity index (χ3n) is 3.43. The summed E-state index contributed by atoms with van der Waals surface area (Å²) in [6, 6.07) is 19.1. The summed E-state index contributed by atoms with van der Waals surface area (Å²) in [6.45, 7) is 2.64. The Bertz CT molecular complexity index is 668. The van der Waals surface area contributed by atoms with Crippen LogP contribution in [0, 0.1) is 0 Å². The molecule has 0 spiro atoms. The standard InChI is InChI=1S/C20H22N2O4/c1-15(23)25-19(13-17-9-5-3-6-10-17)21-22-20(26-16(2)24)14-18-11-7-4-8-12-18/h3-12,19-20H,13-14H2,1-2H3. The van der Waals surface area contributed by atoms with Crippen LogP contribution in [0.2, 0.25) is 0 Å². The lowest BCUT2D eigenvalue weighted by Gasteiger charge is -2.15. The van der Waals surface area contributed by atoms with Gasteiger partial charge < -0.3 is 9.47 Å². The highest BCUT2D eigenvalue weighted by atomic mass is 16.6. The van der Waals surface area contributed by atoms with Gasteiger partial charge in [-0.1, -0.05) is 60.7 Å². The molecule has 0 aliphatic rings. The molecule has 0 aromatic heterocycles. The molecule has 2 aromatic rings. The monoisotopic (exact) mass is 354 g/mol.